The molecule has 94 valence electrons. The number of nitrogens with two attached hydrogens (primary N) is 1. The third-order valence-electron chi connectivity index (χ3n) is 2.11. The highest BCUT2D eigenvalue weighted by atomic mass is 35.5. The van der Waals surface area contributed by atoms with E-state index in [4.69, 9.17) is 17.3 Å². The van der Waals surface area contributed by atoms with Crippen LogP contribution in [0, 0.1) is 6.92 Å². The van der Waals surface area contributed by atoms with Crippen molar-refractivity contribution < 1.29 is 0 Å². The fraction of sp³-hybridized carbons (Fsp3) is 0.545. The molecule has 0 saturated carbocycles. The first-order valence-corrected chi connectivity index (χ1v) is 6.07. The Hall–Kier alpha value is -1.36. The third kappa shape index (κ3) is 5.49. The number of halogens is 1. The summed E-state index contributed by atoms with van der Waals surface area (Å²) in [5, 5.41) is 3.21. The molecule has 1 aromatic heterocycles. The number of nitrogens with zero attached hydrogens (tertiary/aromatic N) is 3. The van der Waals surface area contributed by atoms with E-state index in [9.17, 15) is 0 Å². The molecule has 17 heavy (non-hydrogen) atoms. The Morgan fingerprint density at radius 3 is 2.88 bits per heavy atom. The first kappa shape index (κ1) is 13.7. The van der Waals surface area contributed by atoms with Crippen molar-refractivity contribution in [3.05, 3.63) is 16.9 Å². The monoisotopic (exact) mass is 255 g/mol. The molecule has 0 aliphatic carbocycles. The van der Waals surface area contributed by atoms with Crippen molar-refractivity contribution in [3.8, 4) is 0 Å². The van der Waals surface area contributed by atoms with Gasteiger partial charge >= 0.3 is 0 Å². The Bertz CT molecular complexity index is 371. The molecular formula is C11H18ClN5. The highest BCUT2D eigenvalue weighted by molar-refractivity contribution is 6.29. The van der Waals surface area contributed by atoms with Crippen LogP contribution < -0.4 is 11.1 Å². The summed E-state index contributed by atoms with van der Waals surface area (Å²) < 4.78 is 0. The van der Waals surface area contributed by atoms with Crippen molar-refractivity contribution in [1.29, 1.82) is 0 Å². The topological polar surface area (TPSA) is 76.2 Å². The van der Waals surface area contributed by atoms with Gasteiger partial charge in [-0.15, -0.1) is 0 Å². The lowest BCUT2D eigenvalue weighted by Crippen LogP contribution is -2.24. The number of hydrogen-bond donors (Lipinski definition) is 2. The molecule has 5 nitrogen and oxygen atoms in total. The van der Waals surface area contributed by atoms with Gasteiger partial charge in [-0.25, -0.2) is 9.97 Å². The smallest absolute Gasteiger partial charge is 0.231 e. The number of aryl methyl sites for hydroxylation is 1. The van der Waals surface area contributed by atoms with E-state index < -0.39 is 0 Å². The molecule has 0 unspecified atom stereocenters. The second kappa shape index (κ2) is 7.06. The molecule has 3 N–H and O–H groups in total. The average Bonchev–Trinajstić information content (AvgIpc) is 2.23. The molecular weight excluding hydrogens is 238 g/mol. The highest BCUT2D eigenvalue weighted by Crippen LogP contribution is 2.09. The maximum absolute atomic E-state index is 5.81. The Morgan fingerprint density at radius 1 is 1.47 bits per heavy atom. The molecule has 0 aliphatic heterocycles. The van der Waals surface area contributed by atoms with Crippen molar-refractivity contribution in [2.45, 2.75) is 33.1 Å². The second-order valence-electron chi connectivity index (χ2n) is 3.75. The molecule has 0 saturated heterocycles. The number of rotatable bonds is 5. The molecule has 0 aromatic carbocycles. The van der Waals surface area contributed by atoms with Gasteiger partial charge in [-0.1, -0.05) is 31.4 Å². The summed E-state index contributed by atoms with van der Waals surface area (Å²) in [6, 6.07) is 1.68. The van der Waals surface area contributed by atoms with Crippen LogP contribution in [-0.2, 0) is 0 Å². The number of hydrogen-bond acceptors (Lipinski definition) is 3. The van der Waals surface area contributed by atoms with E-state index in [-0.39, 0.29) is 0 Å². The van der Waals surface area contributed by atoms with Gasteiger partial charge in [0.05, 0.1) is 0 Å². The Balaban J connectivity index is 2.52. The Kier molecular flexibility index (Phi) is 5.69. The second-order valence-corrected chi connectivity index (χ2v) is 4.14. The van der Waals surface area contributed by atoms with Crippen LogP contribution in [-0.4, -0.2) is 22.5 Å². The van der Waals surface area contributed by atoms with E-state index in [0.717, 1.165) is 18.5 Å². The van der Waals surface area contributed by atoms with Gasteiger partial charge in [0.15, 0.2) is 5.96 Å². The van der Waals surface area contributed by atoms with Crippen LogP contribution in [0.15, 0.2) is 11.1 Å². The van der Waals surface area contributed by atoms with Gasteiger partial charge in [0.1, 0.15) is 5.15 Å². The number of nitrogens with one attached hydrogen (secondary N) is 1. The van der Waals surface area contributed by atoms with E-state index in [1.807, 2.05) is 6.92 Å². The van der Waals surface area contributed by atoms with Crippen LogP contribution in [0.1, 0.15) is 31.9 Å². The summed E-state index contributed by atoms with van der Waals surface area (Å²) in [5.41, 5.74) is 6.49. The zero-order valence-electron chi connectivity index (χ0n) is 10.2. The average molecular weight is 256 g/mol. The fourth-order valence-electron chi connectivity index (χ4n) is 1.30. The van der Waals surface area contributed by atoms with Gasteiger partial charge in [0.2, 0.25) is 5.95 Å². The molecule has 0 fully saturated rings. The van der Waals surface area contributed by atoms with E-state index in [1.54, 1.807) is 6.07 Å². The number of aliphatic imine (C=N–C) groups is 1. The summed E-state index contributed by atoms with van der Waals surface area (Å²) in [6.07, 6.45) is 3.36. The predicted octanol–water partition coefficient (Wildman–Crippen LogP) is 2.36. The van der Waals surface area contributed by atoms with Crippen LogP contribution in [0.3, 0.4) is 0 Å². The molecule has 0 spiro atoms. The molecule has 0 radical (unpaired) electrons. The standard InChI is InChI=1S/C11H18ClN5/c1-3-4-5-6-14-10(13)17-11-15-8(2)7-9(12)16-11/h7H,3-6H2,1-2H3,(H3,13,14,15,16,17). The molecule has 1 heterocycles. The first-order valence-electron chi connectivity index (χ1n) is 5.70. The number of aromatic nitrogens is 2. The van der Waals surface area contributed by atoms with E-state index in [0.29, 0.717) is 23.6 Å². The number of guanidine groups is 1. The fourth-order valence-corrected chi connectivity index (χ4v) is 1.54. The number of unbranched alkanes of at least 4 members (excludes halogenated alkanes) is 2. The summed E-state index contributed by atoms with van der Waals surface area (Å²) in [7, 11) is 0. The van der Waals surface area contributed by atoms with E-state index >= 15 is 0 Å². The molecule has 0 aliphatic rings. The molecule has 6 heteroatoms. The van der Waals surface area contributed by atoms with Gasteiger partial charge in [0.25, 0.3) is 0 Å². The molecule has 1 rings (SSSR count). The van der Waals surface area contributed by atoms with Crippen molar-refractivity contribution in [3.63, 3.8) is 0 Å². The minimum Gasteiger partial charge on any atom is -0.370 e. The van der Waals surface area contributed by atoms with Crippen LogP contribution in [0.2, 0.25) is 5.15 Å². The van der Waals surface area contributed by atoms with Gasteiger partial charge in [-0.3, -0.25) is 10.3 Å². The van der Waals surface area contributed by atoms with Gasteiger partial charge < -0.3 is 5.73 Å². The first-order chi connectivity index (χ1) is 8.11. The lowest BCUT2D eigenvalue weighted by atomic mass is 10.2. The van der Waals surface area contributed by atoms with E-state index in [2.05, 4.69) is 27.2 Å². The SMILES string of the molecule is CCCCCN=C(N)Nc1nc(C)cc(Cl)n1. The largest absolute Gasteiger partial charge is 0.370 e. The maximum Gasteiger partial charge on any atom is 0.231 e. The van der Waals surface area contributed by atoms with Gasteiger partial charge in [-0.2, -0.15) is 0 Å². The summed E-state index contributed by atoms with van der Waals surface area (Å²) in [5.74, 6) is 0.703. The lowest BCUT2D eigenvalue weighted by molar-refractivity contribution is 0.727. The minimum absolute atomic E-state index is 0.322. The van der Waals surface area contributed by atoms with Crippen molar-refractivity contribution in [2.75, 3.05) is 11.9 Å². The lowest BCUT2D eigenvalue weighted by Gasteiger charge is -2.05. The van der Waals surface area contributed by atoms with Crippen LogP contribution in [0.5, 0.6) is 0 Å². The normalized spacial score (nSPS) is 11.6. The maximum atomic E-state index is 5.81. The summed E-state index contributed by atoms with van der Waals surface area (Å²) in [4.78, 5) is 12.3. The molecule has 0 amide bonds. The number of anilines is 1. The van der Waals surface area contributed by atoms with Crippen molar-refractivity contribution in [2.24, 2.45) is 10.7 Å². The molecule has 0 atom stereocenters. The quantitative estimate of drug-likeness (QED) is 0.367. The van der Waals surface area contributed by atoms with Gasteiger partial charge in [-0.05, 0) is 19.4 Å². The van der Waals surface area contributed by atoms with Crippen LogP contribution in [0.25, 0.3) is 0 Å². The molecule has 0 bridgehead atoms. The third-order valence-corrected chi connectivity index (χ3v) is 2.30. The zero-order chi connectivity index (χ0) is 12.7. The van der Waals surface area contributed by atoms with Crippen molar-refractivity contribution >= 4 is 23.5 Å². The Labute approximate surface area is 107 Å². The zero-order valence-corrected chi connectivity index (χ0v) is 11.0. The Morgan fingerprint density at radius 2 is 2.24 bits per heavy atom. The van der Waals surface area contributed by atoms with Crippen LogP contribution >= 0.6 is 11.6 Å². The van der Waals surface area contributed by atoms with E-state index in [1.165, 1.54) is 6.42 Å². The highest BCUT2D eigenvalue weighted by Gasteiger charge is 2.01. The van der Waals surface area contributed by atoms with Crippen LogP contribution in [0.4, 0.5) is 5.95 Å². The summed E-state index contributed by atoms with van der Waals surface area (Å²) >= 11 is 5.81. The summed E-state index contributed by atoms with van der Waals surface area (Å²) in [6.45, 7) is 4.70. The minimum atomic E-state index is 0.322. The predicted molar refractivity (Wildman–Crippen MR) is 71.4 cm³/mol. The molecule has 1 aromatic rings. The van der Waals surface area contributed by atoms with Crippen molar-refractivity contribution in [1.82, 2.24) is 9.97 Å². The van der Waals surface area contributed by atoms with Gasteiger partial charge in [0, 0.05) is 12.2 Å².